The van der Waals surface area contributed by atoms with Gasteiger partial charge in [-0.25, -0.2) is 0 Å². The molecule has 0 spiro atoms. The molecule has 0 saturated heterocycles. The number of hydrogen-bond donors (Lipinski definition) is 1. The van der Waals surface area contributed by atoms with Crippen LogP contribution in [-0.2, 0) is 0 Å². The van der Waals surface area contributed by atoms with E-state index < -0.39 is 0 Å². The Morgan fingerprint density at radius 3 is 2.56 bits per heavy atom. The summed E-state index contributed by atoms with van der Waals surface area (Å²) in [6.45, 7) is 2.11. The van der Waals surface area contributed by atoms with Crippen molar-refractivity contribution in [2.24, 2.45) is 5.73 Å². The molecular formula is C13H15NS2. The van der Waals surface area contributed by atoms with Crippen molar-refractivity contribution in [1.29, 1.82) is 0 Å². The molecule has 0 aliphatic heterocycles. The summed E-state index contributed by atoms with van der Waals surface area (Å²) in [6, 6.07) is 12.9. The quantitative estimate of drug-likeness (QED) is 0.873. The zero-order valence-corrected chi connectivity index (χ0v) is 10.9. The monoisotopic (exact) mass is 249 g/mol. The molecule has 2 N–H and O–H groups in total. The third-order valence-electron chi connectivity index (χ3n) is 2.46. The van der Waals surface area contributed by atoms with E-state index in [2.05, 4.69) is 48.7 Å². The van der Waals surface area contributed by atoms with Crippen LogP contribution < -0.4 is 5.73 Å². The largest absolute Gasteiger partial charge is 0.324 e. The average molecular weight is 249 g/mol. The molecule has 2 aromatic rings. The molecule has 1 nitrogen and oxygen atoms in total. The summed E-state index contributed by atoms with van der Waals surface area (Å²) in [5.41, 5.74) is 7.20. The van der Waals surface area contributed by atoms with Crippen LogP contribution in [0.5, 0.6) is 0 Å². The molecule has 0 fully saturated rings. The van der Waals surface area contributed by atoms with Gasteiger partial charge in [-0.3, -0.25) is 0 Å². The zero-order chi connectivity index (χ0) is 11.4. The summed E-state index contributed by atoms with van der Waals surface area (Å²) < 4.78 is 1.33. The first-order valence-electron chi connectivity index (χ1n) is 5.36. The minimum absolute atomic E-state index is 0.167. The van der Waals surface area contributed by atoms with Gasteiger partial charge in [-0.15, -0.1) is 11.3 Å². The van der Waals surface area contributed by atoms with Gasteiger partial charge in [0.15, 0.2) is 0 Å². The van der Waals surface area contributed by atoms with Crippen molar-refractivity contribution in [2.45, 2.75) is 28.5 Å². The molecule has 0 saturated carbocycles. The van der Waals surface area contributed by atoms with E-state index in [1.807, 2.05) is 0 Å². The van der Waals surface area contributed by atoms with Gasteiger partial charge in [0.1, 0.15) is 0 Å². The molecule has 0 bridgehead atoms. The SMILES string of the molecule is CC[C@@H](N)c1ccc(Sc2cccs2)cc1. The predicted molar refractivity (Wildman–Crippen MR) is 72.1 cm³/mol. The fourth-order valence-corrected chi connectivity index (χ4v) is 3.20. The molecule has 0 unspecified atom stereocenters. The normalized spacial score (nSPS) is 12.6. The lowest BCUT2D eigenvalue weighted by Gasteiger charge is -2.09. The lowest BCUT2D eigenvalue weighted by atomic mass is 10.1. The van der Waals surface area contributed by atoms with Crippen molar-refractivity contribution in [1.82, 2.24) is 0 Å². The first-order valence-corrected chi connectivity index (χ1v) is 7.06. The van der Waals surface area contributed by atoms with Gasteiger partial charge in [0, 0.05) is 10.9 Å². The average Bonchev–Trinajstić information content (AvgIpc) is 2.82. The van der Waals surface area contributed by atoms with Crippen LogP contribution in [0.2, 0.25) is 0 Å². The van der Waals surface area contributed by atoms with E-state index in [0.717, 1.165) is 6.42 Å². The van der Waals surface area contributed by atoms with E-state index in [9.17, 15) is 0 Å². The molecule has 16 heavy (non-hydrogen) atoms. The second-order valence-electron chi connectivity index (χ2n) is 3.62. The van der Waals surface area contributed by atoms with E-state index in [-0.39, 0.29) is 6.04 Å². The van der Waals surface area contributed by atoms with Crippen molar-refractivity contribution in [2.75, 3.05) is 0 Å². The lowest BCUT2D eigenvalue weighted by molar-refractivity contribution is 0.698. The topological polar surface area (TPSA) is 26.0 Å². The summed E-state index contributed by atoms with van der Waals surface area (Å²) >= 11 is 3.57. The van der Waals surface area contributed by atoms with Gasteiger partial charge in [-0.1, -0.05) is 36.9 Å². The van der Waals surface area contributed by atoms with Crippen LogP contribution in [0, 0.1) is 0 Å². The van der Waals surface area contributed by atoms with Crippen LogP contribution >= 0.6 is 23.1 Å². The predicted octanol–water partition coefficient (Wildman–Crippen LogP) is 4.31. The smallest absolute Gasteiger partial charge is 0.0646 e. The Bertz CT molecular complexity index is 420. The maximum atomic E-state index is 5.98. The molecule has 1 atom stereocenters. The molecule has 1 heterocycles. The highest BCUT2D eigenvalue weighted by atomic mass is 32.2. The summed E-state index contributed by atoms with van der Waals surface area (Å²) in [6.07, 6.45) is 0.984. The van der Waals surface area contributed by atoms with E-state index in [0.29, 0.717) is 0 Å². The Kier molecular flexibility index (Phi) is 4.04. The fourth-order valence-electron chi connectivity index (χ4n) is 1.46. The van der Waals surface area contributed by atoms with Crippen molar-refractivity contribution in [3.05, 3.63) is 47.3 Å². The number of hydrogen-bond acceptors (Lipinski definition) is 3. The Hall–Kier alpha value is -0.770. The fraction of sp³-hybridized carbons (Fsp3) is 0.231. The van der Waals surface area contributed by atoms with Gasteiger partial charge in [-0.2, -0.15) is 0 Å². The maximum Gasteiger partial charge on any atom is 0.0646 e. The number of thiophene rings is 1. The van der Waals surface area contributed by atoms with Gasteiger partial charge >= 0.3 is 0 Å². The molecule has 84 valence electrons. The van der Waals surface area contributed by atoms with E-state index in [1.54, 1.807) is 23.1 Å². The molecular weight excluding hydrogens is 234 g/mol. The highest BCUT2D eigenvalue weighted by molar-refractivity contribution is 8.01. The van der Waals surface area contributed by atoms with E-state index in [1.165, 1.54) is 14.7 Å². The molecule has 0 radical (unpaired) electrons. The second kappa shape index (κ2) is 5.53. The highest BCUT2D eigenvalue weighted by Gasteiger charge is 2.03. The van der Waals surface area contributed by atoms with Crippen LogP contribution in [0.1, 0.15) is 24.9 Å². The third-order valence-corrected chi connectivity index (χ3v) is 4.51. The minimum Gasteiger partial charge on any atom is -0.324 e. The first kappa shape index (κ1) is 11.7. The van der Waals surface area contributed by atoms with Crippen LogP contribution in [0.15, 0.2) is 50.9 Å². The van der Waals surface area contributed by atoms with Crippen molar-refractivity contribution < 1.29 is 0 Å². The van der Waals surface area contributed by atoms with Crippen molar-refractivity contribution in [3.63, 3.8) is 0 Å². The number of nitrogens with two attached hydrogens (primary N) is 1. The molecule has 2 rings (SSSR count). The summed E-state index contributed by atoms with van der Waals surface area (Å²) in [5, 5.41) is 2.10. The Labute approximate surface area is 105 Å². The first-order chi connectivity index (χ1) is 7.79. The van der Waals surface area contributed by atoms with Crippen molar-refractivity contribution >= 4 is 23.1 Å². The van der Waals surface area contributed by atoms with Gasteiger partial charge in [0.25, 0.3) is 0 Å². The standard InChI is InChI=1S/C13H15NS2/c1-2-12(14)10-5-7-11(8-6-10)16-13-4-3-9-15-13/h3-9,12H,2,14H2,1H3/t12-/m1/s1. The Morgan fingerprint density at radius 1 is 1.25 bits per heavy atom. The molecule has 0 aliphatic carbocycles. The van der Waals surface area contributed by atoms with Crippen LogP contribution in [0.3, 0.4) is 0 Å². The summed E-state index contributed by atoms with van der Waals surface area (Å²) in [4.78, 5) is 1.27. The van der Waals surface area contributed by atoms with E-state index >= 15 is 0 Å². The van der Waals surface area contributed by atoms with Crippen LogP contribution in [0.25, 0.3) is 0 Å². The summed E-state index contributed by atoms with van der Waals surface area (Å²) in [5.74, 6) is 0. The molecule has 1 aromatic carbocycles. The van der Waals surface area contributed by atoms with E-state index in [4.69, 9.17) is 5.73 Å². The van der Waals surface area contributed by atoms with Crippen LogP contribution in [0.4, 0.5) is 0 Å². The zero-order valence-electron chi connectivity index (χ0n) is 9.22. The van der Waals surface area contributed by atoms with Gasteiger partial charge < -0.3 is 5.73 Å². The van der Waals surface area contributed by atoms with Gasteiger partial charge in [0.05, 0.1) is 4.21 Å². The Morgan fingerprint density at radius 2 is 2.00 bits per heavy atom. The third kappa shape index (κ3) is 2.88. The van der Waals surface area contributed by atoms with Gasteiger partial charge in [-0.05, 0) is 35.6 Å². The second-order valence-corrected chi connectivity index (χ2v) is 5.94. The minimum atomic E-state index is 0.167. The molecule has 3 heteroatoms. The molecule has 1 aromatic heterocycles. The number of benzene rings is 1. The summed E-state index contributed by atoms with van der Waals surface area (Å²) in [7, 11) is 0. The Balaban J connectivity index is 2.07. The lowest BCUT2D eigenvalue weighted by Crippen LogP contribution is -2.07. The highest BCUT2D eigenvalue weighted by Crippen LogP contribution is 2.31. The van der Waals surface area contributed by atoms with Crippen LogP contribution in [-0.4, -0.2) is 0 Å². The maximum absolute atomic E-state index is 5.98. The van der Waals surface area contributed by atoms with Gasteiger partial charge in [0.2, 0.25) is 0 Å². The molecule has 0 amide bonds. The van der Waals surface area contributed by atoms with Crippen molar-refractivity contribution in [3.8, 4) is 0 Å². The molecule has 0 aliphatic rings. The number of rotatable bonds is 4.